The quantitative estimate of drug-likeness (QED) is 0.797. The summed E-state index contributed by atoms with van der Waals surface area (Å²) in [7, 11) is 0. The third-order valence-corrected chi connectivity index (χ3v) is 2.98. The van der Waals surface area contributed by atoms with E-state index in [-0.39, 0.29) is 12.2 Å². The average molecular weight is 297 g/mol. The average Bonchev–Trinajstić information content (AvgIpc) is 2.87. The van der Waals surface area contributed by atoms with Gasteiger partial charge in [0.1, 0.15) is 5.69 Å². The number of Topliss-reactive ketones (excluding diaryl/α,β-unsaturated/α-hetero) is 1. The van der Waals surface area contributed by atoms with Crippen molar-refractivity contribution < 1.29 is 18.0 Å². The molecular weight excluding hydrogens is 283 g/mol. The second-order valence-corrected chi connectivity index (χ2v) is 4.64. The predicted molar refractivity (Wildman–Crippen MR) is 69.8 cm³/mol. The molecule has 0 spiro atoms. The van der Waals surface area contributed by atoms with Crippen molar-refractivity contribution in [2.24, 2.45) is 0 Å². The smallest absolute Gasteiger partial charge is 0.292 e. The van der Waals surface area contributed by atoms with Gasteiger partial charge in [-0.25, -0.2) is 4.68 Å². The number of rotatable bonds is 5. The molecule has 0 amide bonds. The van der Waals surface area contributed by atoms with Gasteiger partial charge in [0.2, 0.25) is 0 Å². The molecule has 2 rings (SSSR count). The fourth-order valence-corrected chi connectivity index (χ4v) is 1.94. The van der Waals surface area contributed by atoms with Gasteiger partial charge in [0.25, 0.3) is 0 Å². The molecule has 0 saturated carbocycles. The van der Waals surface area contributed by atoms with Gasteiger partial charge in [0.05, 0.1) is 11.8 Å². The molecule has 0 fully saturated rings. The monoisotopic (exact) mass is 297 g/mol. The molecule has 0 unspecified atom stereocenters. The lowest BCUT2D eigenvalue weighted by molar-refractivity contribution is -0.137. The fraction of sp³-hybridized carbons (Fsp3) is 0.357. The minimum atomic E-state index is -4.37. The molecule has 1 aromatic carbocycles. The third kappa shape index (κ3) is 3.68. The number of benzene rings is 1. The van der Waals surface area contributed by atoms with Gasteiger partial charge in [-0.15, -0.1) is 5.10 Å². The number of alkyl halides is 3. The van der Waals surface area contributed by atoms with E-state index in [1.807, 2.05) is 6.92 Å². The lowest BCUT2D eigenvalue weighted by Gasteiger charge is -2.07. The molecule has 112 valence electrons. The number of carbonyl (C=O) groups excluding carboxylic acids is 1. The van der Waals surface area contributed by atoms with E-state index in [2.05, 4.69) is 10.3 Å². The Kier molecular flexibility index (Phi) is 4.40. The third-order valence-electron chi connectivity index (χ3n) is 2.98. The van der Waals surface area contributed by atoms with Crippen molar-refractivity contribution in [3.8, 4) is 0 Å². The Balaban J connectivity index is 2.11. The van der Waals surface area contributed by atoms with Crippen LogP contribution in [0.1, 0.15) is 35.0 Å². The maximum Gasteiger partial charge on any atom is 0.416 e. The summed E-state index contributed by atoms with van der Waals surface area (Å²) in [5.74, 6) is -0.215. The predicted octanol–water partition coefficient (Wildman–Crippen LogP) is 3.13. The lowest BCUT2D eigenvalue weighted by Crippen LogP contribution is -2.13. The number of halogens is 3. The minimum absolute atomic E-state index is 0.0230. The molecule has 7 heteroatoms. The Morgan fingerprint density at radius 3 is 2.48 bits per heavy atom. The molecular formula is C14H14F3N3O. The van der Waals surface area contributed by atoms with Gasteiger partial charge < -0.3 is 0 Å². The van der Waals surface area contributed by atoms with Gasteiger partial charge >= 0.3 is 6.18 Å². The van der Waals surface area contributed by atoms with Crippen LogP contribution in [0.15, 0.2) is 30.5 Å². The number of nitrogens with zero attached hydrogens (tertiary/aromatic N) is 3. The summed E-state index contributed by atoms with van der Waals surface area (Å²) in [5, 5.41) is 7.51. The minimum Gasteiger partial charge on any atom is -0.292 e. The second kappa shape index (κ2) is 6.07. The van der Waals surface area contributed by atoms with Crippen LogP contribution in [0, 0.1) is 0 Å². The summed E-state index contributed by atoms with van der Waals surface area (Å²) in [6, 6.07) is 4.58. The van der Waals surface area contributed by atoms with E-state index in [0.29, 0.717) is 17.8 Å². The van der Waals surface area contributed by atoms with Crippen LogP contribution in [-0.4, -0.2) is 20.8 Å². The number of hydrogen-bond donors (Lipinski definition) is 0. The molecule has 0 aliphatic rings. The van der Waals surface area contributed by atoms with Gasteiger partial charge in [0, 0.05) is 13.0 Å². The van der Waals surface area contributed by atoms with Gasteiger partial charge in [-0.05, 0) is 24.1 Å². The van der Waals surface area contributed by atoms with E-state index >= 15 is 0 Å². The van der Waals surface area contributed by atoms with Gasteiger partial charge in [0.15, 0.2) is 5.78 Å². The number of hydrogen-bond acceptors (Lipinski definition) is 3. The first-order chi connectivity index (χ1) is 9.91. The number of ketones is 1. The van der Waals surface area contributed by atoms with Crippen molar-refractivity contribution in [3.05, 3.63) is 47.3 Å². The molecule has 0 atom stereocenters. The van der Waals surface area contributed by atoms with Crippen molar-refractivity contribution in [1.29, 1.82) is 0 Å². The highest BCUT2D eigenvalue weighted by atomic mass is 19.4. The Morgan fingerprint density at radius 1 is 1.24 bits per heavy atom. The normalized spacial score (nSPS) is 11.6. The van der Waals surface area contributed by atoms with Crippen LogP contribution in [0.2, 0.25) is 0 Å². The standard InChI is InChI=1S/C14H14F3N3O/c1-2-7-20-12(9-18-19-20)13(21)8-10-3-5-11(6-4-10)14(15,16)17/h3-6,9H,2,7-8H2,1H3. The molecule has 0 bridgehead atoms. The Bertz CT molecular complexity index is 617. The highest BCUT2D eigenvalue weighted by Crippen LogP contribution is 2.29. The van der Waals surface area contributed by atoms with E-state index in [9.17, 15) is 18.0 Å². The molecule has 1 aromatic heterocycles. The van der Waals surface area contributed by atoms with Crippen LogP contribution in [0.4, 0.5) is 13.2 Å². The van der Waals surface area contributed by atoms with Crippen LogP contribution in [0.3, 0.4) is 0 Å². The Morgan fingerprint density at radius 2 is 1.90 bits per heavy atom. The zero-order valence-electron chi connectivity index (χ0n) is 11.4. The van der Waals surface area contributed by atoms with Crippen molar-refractivity contribution in [1.82, 2.24) is 15.0 Å². The fourth-order valence-electron chi connectivity index (χ4n) is 1.94. The largest absolute Gasteiger partial charge is 0.416 e. The molecule has 0 radical (unpaired) electrons. The maximum absolute atomic E-state index is 12.5. The Labute approximate surface area is 119 Å². The first kappa shape index (κ1) is 15.2. The second-order valence-electron chi connectivity index (χ2n) is 4.64. The van der Waals surface area contributed by atoms with Gasteiger partial charge in [-0.2, -0.15) is 13.2 Å². The molecule has 21 heavy (non-hydrogen) atoms. The molecule has 1 heterocycles. The number of aromatic nitrogens is 3. The Hall–Kier alpha value is -2.18. The summed E-state index contributed by atoms with van der Waals surface area (Å²) in [6.45, 7) is 2.53. The van der Waals surface area contributed by atoms with Gasteiger partial charge in [-0.3, -0.25) is 4.79 Å². The van der Waals surface area contributed by atoms with Crippen LogP contribution < -0.4 is 0 Å². The molecule has 0 N–H and O–H groups in total. The zero-order valence-corrected chi connectivity index (χ0v) is 11.4. The van der Waals surface area contributed by atoms with E-state index in [1.54, 1.807) is 0 Å². The molecule has 4 nitrogen and oxygen atoms in total. The summed E-state index contributed by atoms with van der Waals surface area (Å²) in [5.41, 5.74) is 0.172. The molecule has 0 aliphatic carbocycles. The molecule has 0 saturated heterocycles. The van der Waals surface area contributed by atoms with E-state index in [1.165, 1.54) is 23.0 Å². The van der Waals surface area contributed by atoms with E-state index < -0.39 is 11.7 Å². The highest BCUT2D eigenvalue weighted by Gasteiger charge is 2.30. The van der Waals surface area contributed by atoms with Crippen LogP contribution in [-0.2, 0) is 19.1 Å². The topological polar surface area (TPSA) is 47.8 Å². The molecule has 2 aromatic rings. The van der Waals surface area contributed by atoms with Crippen molar-refractivity contribution in [2.75, 3.05) is 0 Å². The number of aryl methyl sites for hydroxylation is 1. The zero-order chi connectivity index (χ0) is 15.5. The summed E-state index contributed by atoms with van der Waals surface area (Å²) < 4.78 is 38.9. The van der Waals surface area contributed by atoms with Crippen LogP contribution >= 0.6 is 0 Å². The van der Waals surface area contributed by atoms with E-state index in [4.69, 9.17) is 0 Å². The number of carbonyl (C=O) groups is 1. The maximum atomic E-state index is 12.5. The van der Waals surface area contributed by atoms with Crippen molar-refractivity contribution in [2.45, 2.75) is 32.5 Å². The SMILES string of the molecule is CCCn1nncc1C(=O)Cc1ccc(C(F)(F)F)cc1. The lowest BCUT2D eigenvalue weighted by atomic mass is 10.1. The highest BCUT2D eigenvalue weighted by molar-refractivity contribution is 5.95. The van der Waals surface area contributed by atoms with E-state index in [0.717, 1.165) is 18.6 Å². The molecule has 0 aliphatic heterocycles. The van der Waals surface area contributed by atoms with Gasteiger partial charge in [-0.1, -0.05) is 24.3 Å². The first-order valence-corrected chi connectivity index (χ1v) is 6.49. The van der Waals surface area contributed by atoms with Crippen LogP contribution in [0.25, 0.3) is 0 Å². The van der Waals surface area contributed by atoms with Crippen molar-refractivity contribution in [3.63, 3.8) is 0 Å². The van der Waals surface area contributed by atoms with Crippen molar-refractivity contribution >= 4 is 5.78 Å². The van der Waals surface area contributed by atoms with Crippen LogP contribution in [0.5, 0.6) is 0 Å². The summed E-state index contributed by atoms with van der Waals surface area (Å²) in [4.78, 5) is 12.1. The summed E-state index contributed by atoms with van der Waals surface area (Å²) >= 11 is 0. The summed E-state index contributed by atoms with van der Waals surface area (Å²) in [6.07, 6.45) is -2.16. The first-order valence-electron chi connectivity index (χ1n) is 6.49.